The minimum Gasteiger partial charge on any atom is -0.382 e. The van der Waals surface area contributed by atoms with Crippen LogP contribution in [0.25, 0.3) is 22.3 Å². The van der Waals surface area contributed by atoms with Crippen molar-refractivity contribution < 1.29 is 45.0 Å². The molecule has 0 saturated carbocycles. The number of rotatable bonds is 2. The topological polar surface area (TPSA) is 263 Å². The van der Waals surface area contributed by atoms with Crippen LogP contribution >= 0.6 is 7.82 Å². The number of hydrogen-bond donors (Lipinski definition) is 4. The zero-order valence-corrected chi connectivity index (χ0v) is 23.2. The van der Waals surface area contributed by atoms with Gasteiger partial charge in [-0.1, -0.05) is 0 Å². The number of aromatic amines is 1. The van der Waals surface area contributed by atoms with E-state index in [4.69, 9.17) is 28.4 Å². The number of ether oxygens (including phenoxy) is 2. The minimum atomic E-state index is -4.99. The first-order valence-corrected chi connectivity index (χ1v) is 15.5. The fourth-order valence-corrected chi connectivity index (χ4v) is 7.11. The van der Waals surface area contributed by atoms with E-state index < -0.39 is 79.9 Å². The molecule has 8 atom stereocenters. The van der Waals surface area contributed by atoms with Gasteiger partial charge >= 0.3 is 18.1 Å². The van der Waals surface area contributed by atoms with E-state index in [0.29, 0.717) is 0 Å². The van der Waals surface area contributed by atoms with Crippen LogP contribution in [0, 0.1) is 0 Å². The van der Waals surface area contributed by atoms with E-state index in [0.717, 1.165) is 12.7 Å². The summed E-state index contributed by atoms with van der Waals surface area (Å²) in [6, 6.07) is 0. The molecule has 3 fully saturated rings. The summed E-state index contributed by atoms with van der Waals surface area (Å²) in [6.07, 6.45) is -5.59. The second kappa shape index (κ2) is 10.3. The zero-order chi connectivity index (χ0) is 30.1. The van der Waals surface area contributed by atoms with Gasteiger partial charge in [0.2, 0.25) is 0 Å². The lowest BCUT2D eigenvalue weighted by molar-refractivity contribution is -0.0469. The van der Waals surface area contributed by atoms with Gasteiger partial charge in [0, 0.05) is 13.0 Å². The summed E-state index contributed by atoms with van der Waals surface area (Å²) in [5, 5.41) is 0. The molecule has 3 aliphatic heterocycles. The van der Waals surface area contributed by atoms with E-state index >= 15 is 4.39 Å². The quantitative estimate of drug-likeness (QED) is 0.187. The van der Waals surface area contributed by atoms with Crippen molar-refractivity contribution in [3.05, 3.63) is 35.7 Å². The van der Waals surface area contributed by atoms with Gasteiger partial charge in [0.05, 0.1) is 25.6 Å². The molecular weight excluding hydrogens is 622 g/mol. The summed E-state index contributed by atoms with van der Waals surface area (Å²) in [5.41, 5.74) is 5.73. The van der Waals surface area contributed by atoms with Crippen LogP contribution in [0.4, 0.5) is 10.2 Å². The summed E-state index contributed by atoms with van der Waals surface area (Å²) < 4.78 is 86.7. The molecule has 4 aromatic rings. The van der Waals surface area contributed by atoms with Gasteiger partial charge in [0.1, 0.15) is 42.5 Å². The van der Waals surface area contributed by atoms with E-state index in [1.54, 1.807) is 0 Å². The third kappa shape index (κ3) is 5.09. The molecule has 0 amide bonds. The maximum absolute atomic E-state index is 15.8. The number of nitrogens with two attached hydrogens (primary N) is 1. The number of aromatic nitrogens is 8. The summed E-state index contributed by atoms with van der Waals surface area (Å²) in [7, 11) is -9.52. The Labute approximate surface area is 239 Å². The first-order chi connectivity index (χ1) is 20.5. The predicted octanol–water partition coefficient (Wildman–Crippen LogP) is -1.20. The summed E-state index contributed by atoms with van der Waals surface area (Å²) >= 11 is 0. The Bertz CT molecular complexity index is 1920. The van der Waals surface area contributed by atoms with Crippen LogP contribution in [-0.4, -0.2) is 96.1 Å². The SMILES string of the molecule is Nc1ncnc2c1ncn2[C@@H]1O[C@@H]2CNS(=O)(=O)O[C@H]3C[C@H](n4cnc5c(=O)[nH]cnc54)O[C@@H]3COP(=O)(O)O[C@H]2[C@H]1F. The number of hydrogen-bond acceptors (Lipinski definition) is 15. The zero-order valence-electron chi connectivity index (χ0n) is 21.5. The second-order valence-electron chi connectivity index (χ2n) is 9.78. The number of anilines is 1. The predicted molar refractivity (Wildman–Crippen MR) is 138 cm³/mol. The van der Waals surface area contributed by atoms with Gasteiger partial charge in [-0.15, -0.1) is 0 Å². The average Bonchev–Trinajstić information content (AvgIpc) is 3.72. The van der Waals surface area contributed by atoms with E-state index in [1.807, 2.05) is 0 Å². The molecule has 43 heavy (non-hydrogen) atoms. The second-order valence-corrected chi connectivity index (χ2v) is 12.6. The molecule has 7 rings (SSSR count). The molecule has 4 aromatic heterocycles. The maximum atomic E-state index is 15.8. The van der Waals surface area contributed by atoms with E-state index in [1.165, 1.54) is 21.8 Å². The molecule has 230 valence electrons. The maximum Gasteiger partial charge on any atom is 0.472 e. The standard InChI is InChI=1S/C20H22FN10O10PS/c21-12-15-9(39-20(12)31-7-27-13-16(22)23-4-24-17(13)31)2-29-43(35,36)41-8-1-11(38-10(8)3-37-42(33,34)40-15)30-6-28-14-18(30)25-5-26-19(14)32/h4-12,15,20,29H,1-3H2,(H,33,34)(H2,22,23,24)(H,25,26,32)/t8-,9+,10+,11+,12+,15+,20+/m0/s1. The van der Waals surface area contributed by atoms with E-state index in [2.05, 4.69) is 34.6 Å². The number of phosphoric acid groups is 1. The number of H-pyrrole nitrogens is 1. The molecule has 0 bridgehead atoms. The Balaban J connectivity index is 1.15. The molecule has 3 aliphatic rings. The number of imidazole rings is 2. The lowest BCUT2D eigenvalue weighted by Gasteiger charge is -2.25. The molecule has 1 unspecified atom stereocenters. The van der Waals surface area contributed by atoms with Crippen molar-refractivity contribution in [2.45, 2.75) is 49.5 Å². The Morgan fingerprint density at radius 3 is 2.65 bits per heavy atom. The van der Waals surface area contributed by atoms with Crippen molar-refractivity contribution in [1.29, 1.82) is 0 Å². The average molecular weight is 644 g/mol. The van der Waals surface area contributed by atoms with Gasteiger partial charge < -0.3 is 25.1 Å². The van der Waals surface area contributed by atoms with Crippen LogP contribution in [-0.2, 0) is 37.6 Å². The highest BCUT2D eigenvalue weighted by molar-refractivity contribution is 7.84. The molecule has 5 N–H and O–H groups in total. The Morgan fingerprint density at radius 1 is 1.05 bits per heavy atom. The van der Waals surface area contributed by atoms with E-state index in [9.17, 15) is 22.7 Å². The fourth-order valence-electron chi connectivity index (χ4n) is 5.19. The molecule has 0 spiro atoms. The molecule has 0 radical (unpaired) electrons. The first-order valence-electron chi connectivity index (χ1n) is 12.6. The Kier molecular flexibility index (Phi) is 6.79. The summed E-state index contributed by atoms with van der Waals surface area (Å²) in [6.45, 7) is -1.31. The highest BCUT2D eigenvalue weighted by Crippen LogP contribution is 2.50. The minimum absolute atomic E-state index is 0.0157. The molecule has 0 aliphatic carbocycles. The van der Waals surface area contributed by atoms with Crippen molar-refractivity contribution in [3.63, 3.8) is 0 Å². The van der Waals surface area contributed by atoms with Crippen LogP contribution in [0.3, 0.4) is 0 Å². The normalized spacial score (nSPS) is 34.9. The number of phosphoric ester groups is 1. The monoisotopic (exact) mass is 644 g/mol. The molecule has 23 heteroatoms. The van der Waals surface area contributed by atoms with Crippen molar-refractivity contribution in [3.8, 4) is 0 Å². The van der Waals surface area contributed by atoms with Gasteiger partial charge in [-0.3, -0.25) is 27.2 Å². The van der Waals surface area contributed by atoms with Crippen LogP contribution in [0.15, 0.2) is 30.1 Å². The van der Waals surface area contributed by atoms with Crippen molar-refractivity contribution in [2.75, 3.05) is 18.9 Å². The van der Waals surface area contributed by atoms with Gasteiger partial charge in [0.15, 0.2) is 35.0 Å². The Morgan fingerprint density at radius 2 is 1.81 bits per heavy atom. The third-order valence-electron chi connectivity index (χ3n) is 7.15. The number of nitrogens with zero attached hydrogens (tertiary/aromatic N) is 7. The Hall–Kier alpha value is -3.47. The molecular formula is C20H22FN10O10PS. The molecule has 20 nitrogen and oxygen atoms in total. The van der Waals surface area contributed by atoms with E-state index in [-0.39, 0.29) is 34.6 Å². The van der Waals surface area contributed by atoms with Gasteiger partial charge in [0.25, 0.3) is 5.56 Å². The lowest BCUT2D eigenvalue weighted by Crippen LogP contribution is -2.43. The smallest absolute Gasteiger partial charge is 0.382 e. The van der Waals surface area contributed by atoms with Crippen LogP contribution < -0.4 is 16.0 Å². The molecule has 7 heterocycles. The largest absolute Gasteiger partial charge is 0.472 e. The number of fused-ring (bicyclic) bond motifs is 4. The highest BCUT2D eigenvalue weighted by atomic mass is 32.2. The van der Waals surface area contributed by atoms with Gasteiger partial charge in [-0.25, -0.2) is 33.9 Å². The molecule has 3 saturated heterocycles. The van der Waals surface area contributed by atoms with Crippen molar-refractivity contribution >= 4 is 46.3 Å². The number of nitrogen functional groups attached to an aromatic ring is 1. The van der Waals surface area contributed by atoms with Crippen LogP contribution in [0.2, 0.25) is 0 Å². The fraction of sp³-hybridized carbons (Fsp3) is 0.500. The van der Waals surface area contributed by atoms with Crippen LogP contribution in [0.1, 0.15) is 18.9 Å². The number of nitrogens with one attached hydrogen (secondary N) is 2. The first kappa shape index (κ1) is 28.3. The summed E-state index contributed by atoms with van der Waals surface area (Å²) in [4.78, 5) is 45.0. The number of halogens is 1. The van der Waals surface area contributed by atoms with Crippen LogP contribution in [0.5, 0.6) is 0 Å². The summed E-state index contributed by atoms with van der Waals surface area (Å²) in [5.74, 6) is 0.0271. The van der Waals surface area contributed by atoms with Crippen molar-refractivity contribution in [2.24, 2.45) is 0 Å². The van der Waals surface area contributed by atoms with Crippen molar-refractivity contribution in [1.82, 2.24) is 43.8 Å². The third-order valence-corrected chi connectivity index (χ3v) is 9.16. The molecule has 0 aromatic carbocycles. The lowest BCUT2D eigenvalue weighted by atomic mass is 10.1. The van der Waals surface area contributed by atoms with Gasteiger partial charge in [-0.2, -0.15) is 13.1 Å². The highest BCUT2D eigenvalue weighted by Gasteiger charge is 2.52. The number of alkyl halides is 1. The van der Waals surface area contributed by atoms with Gasteiger partial charge in [-0.05, 0) is 0 Å².